The number of carboxylic acids is 1. The van der Waals surface area contributed by atoms with Gasteiger partial charge >= 0.3 is 12.1 Å². The van der Waals surface area contributed by atoms with Crippen LogP contribution in [0.2, 0.25) is 0 Å². The Hall–Kier alpha value is -3.84. The van der Waals surface area contributed by atoms with Crippen molar-refractivity contribution in [3.8, 4) is 0 Å². The third kappa shape index (κ3) is 10.4. The summed E-state index contributed by atoms with van der Waals surface area (Å²) in [7, 11) is 0. The SMILES string of the molecule is O=C(O)[C@@H]1O[C@@H](OCCCCCN(Cc2ccccc2)C(=O)OCc2ccc(CO)cc2)[C@H](O)[C@@H](OCc2ccccc2)[C@@H]1O. The lowest BCUT2D eigenvalue weighted by Crippen LogP contribution is -2.61. The molecule has 0 unspecified atom stereocenters. The van der Waals surface area contributed by atoms with E-state index in [1.165, 1.54) is 0 Å². The monoisotopic (exact) mass is 623 g/mol. The summed E-state index contributed by atoms with van der Waals surface area (Å²) in [4.78, 5) is 26.4. The molecule has 242 valence electrons. The maximum atomic E-state index is 13.0. The van der Waals surface area contributed by atoms with Crippen LogP contribution in [0.5, 0.6) is 0 Å². The number of aliphatic hydroxyl groups excluding tert-OH is 3. The standard InChI is InChI=1S/C34H41NO10/c36-21-25-14-16-27(17-15-25)23-44-34(41)35(20-24-10-4-1-5-11-24)18-8-3-9-19-42-33-29(38)30(28(37)31(45-33)32(39)40)43-22-26-12-6-2-7-13-26/h1-2,4-7,10-17,28-31,33,36-38H,3,8-9,18-23H2,(H,39,40)/t28-,29+,30-,31+,33+/m0/s1. The van der Waals surface area contributed by atoms with Crippen LogP contribution in [0.1, 0.15) is 41.5 Å². The molecular formula is C34H41NO10. The van der Waals surface area contributed by atoms with Gasteiger partial charge in [0, 0.05) is 19.7 Å². The van der Waals surface area contributed by atoms with E-state index in [1.807, 2.05) is 72.8 Å². The molecule has 0 aromatic heterocycles. The third-order valence-corrected chi connectivity index (χ3v) is 7.47. The molecule has 0 aliphatic carbocycles. The topological polar surface area (TPSA) is 155 Å². The van der Waals surface area contributed by atoms with Crippen molar-refractivity contribution in [1.82, 2.24) is 4.90 Å². The van der Waals surface area contributed by atoms with Crippen LogP contribution >= 0.6 is 0 Å². The first-order valence-corrected chi connectivity index (χ1v) is 15.0. The molecule has 1 heterocycles. The summed E-state index contributed by atoms with van der Waals surface area (Å²) in [6.07, 6.45) is -5.72. The smallest absolute Gasteiger partial charge is 0.410 e. The summed E-state index contributed by atoms with van der Waals surface area (Å²) in [6, 6.07) is 25.9. The van der Waals surface area contributed by atoms with Crippen LogP contribution in [0.4, 0.5) is 4.79 Å². The molecule has 1 aliphatic heterocycles. The molecule has 1 amide bonds. The summed E-state index contributed by atoms with van der Waals surface area (Å²) in [5.74, 6) is -1.39. The van der Waals surface area contributed by atoms with E-state index in [4.69, 9.17) is 18.9 Å². The molecule has 0 radical (unpaired) electrons. The van der Waals surface area contributed by atoms with E-state index in [0.29, 0.717) is 32.4 Å². The summed E-state index contributed by atoms with van der Waals surface area (Å²) < 4.78 is 22.4. The van der Waals surface area contributed by atoms with Gasteiger partial charge in [0.2, 0.25) is 0 Å². The van der Waals surface area contributed by atoms with E-state index in [0.717, 1.165) is 22.3 Å². The number of aliphatic carboxylic acids is 1. The predicted octanol–water partition coefficient (Wildman–Crippen LogP) is 3.62. The van der Waals surface area contributed by atoms with Gasteiger partial charge in [-0.2, -0.15) is 0 Å². The van der Waals surface area contributed by atoms with Crippen LogP contribution in [0.3, 0.4) is 0 Å². The van der Waals surface area contributed by atoms with Gasteiger partial charge in [0.1, 0.15) is 24.9 Å². The Bertz CT molecular complexity index is 1310. The van der Waals surface area contributed by atoms with E-state index < -0.39 is 42.8 Å². The van der Waals surface area contributed by atoms with E-state index in [2.05, 4.69) is 0 Å². The molecule has 1 fully saturated rings. The maximum Gasteiger partial charge on any atom is 0.410 e. The van der Waals surface area contributed by atoms with Crippen molar-refractivity contribution < 1.29 is 49.0 Å². The normalized spacial score (nSPS) is 21.3. The molecule has 45 heavy (non-hydrogen) atoms. The number of rotatable bonds is 16. The lowest BCUT2D eigenvalue weighted by molar-refractivity contribution is -0.302. The number of amides is 1. The average molecular weight is 624 g/mol. The number of carbonyl (C=O) groups is 2. The van der Waals surface area contributed by atoms with Gasteiger partial charge in [0.25, 0.3) is 0 Å². The minimum atomic E-state index is -1.62. The highest BCUT2D eigenvalue weighted by Crippen LogP contribution is 2.26. The molecular weight excluding hydrogens is 582 g/mol. The Balaban J connectivity index is 1.25. The number of carbonyl (C=O) groups excluding carboxylic acids is 1. The largest absolute Gasteiger partial charge is 0.479 e. The lowest BCUT2D eigenvalue weighted by Gasteiger charge is -2.40. The first-order valence-electron chi connectivity index (χ1n) is 15.0. The quantitative estimate of drug-likeness (QED) is 0.174. The number of ether oxygens (including phenoxy) is 4. The van der Waals surface area contributed by atoms with Crippen LogP contribution in [0.25, 0.3) is 0 Å². The van der Waals surface area contributed by atoms with Crippen molar-refractivity contribution in [3.63, 3.8) is 0 Å². The van der Waals surface area contributed by atoms with Crippen LogP contribution in [-0.2, 0) is 50.1 Å². The molecule has 0 saturated carbocycles. The third-order valence-electron chi connectivity index (χ3n) is 7.47. The average Bonchev–Trinajstić information content (AvgIpc) is 3.06. The Morgan fingerprint density at radius 3 is 2.00 bits per heavy atom. The number of unbranched alkanes of at least 4 members (excludes halogenated alkanes) is 2. The molecule has 0 bridgehead atoms. The van der Waals surface area contributed by atoms with Crippen molar-refractivity contribution in [2.45, 2.75) is 76.3 Å². The number of hydrogen-bond acceptors (Lipinski definition) is 9. The number of nitrogens with zero attached hydrogens (tertiary/aromatic N) is 1. The molecule has 1 aliphatic rings. The van der Waals surface area contributed by atoms with Crippen LogP contribution in [0, 0.1) is 0 Å². The van der Waals surface area contributed by atoms with Gasteiger partial charge in [-0.1, -0.05) is 84.9 Å². The molecule has 11 nitrogen and oxygen atoms in total. The van der Waals surface area contributed by atoms with Gasteiger partial charge in [-0.05, 0) is 41.5 Å². The van der Waals surface area contributed by atoms with Gasteiger partial charge in [-0.15, -0.1) is 0 Å². The van der Waals surface area contributed by atoms with Crippen LogP contribution in [0.15, 0.2) is 84.9 Å². The second-order valence-corrected chi connectivity index (χ2v) is 10.9. The van der Waals surface area contributed by atoms with Gasteiger partial charge in [0.15, 0.2) is 12.4 Å². The van der Waals surface area contributed by atoms with E-state index in [1.54, 1.807) is 17.0 Å². The van der Waals surface area contributed by atoms with Crippen molar-refractivity contribution in [1.29, 1.82) is 0 Å². The van der Waals surface area contributed by atoms with Crippen molar-refractivity contribution in [2.75, 3.05) is 13.2 Å². The van der Waals surface area contributed by atoms with Crippen molar-refractivity contribution in [3.05, 3.63) is 107 Å². The zero-order valence-corrected chi connectivity index (χ0v) is 25.0. The highest BCUT2D eigenvalue weighted by molar-refractivity contribution is 5.73. The van der Waals surface area contributed by atoms with Crippen LogP contribution < -0.4 is 0 Å². The second-order valence-electron chi connectivity index (χ2n) is 10.9. The second kappa shape index (κ2) is 17.6. The maximum absolute atomic E-state index is 13.0. The zero-order valence-electron chi connectivity index (χ0n) is 25.0. The highest BCUT2D eigenvalue weighted by atomic mass is 16.7. The summed E-state index contributed by atoms with van der Waals surface area (Å²) >= 11 is 0. The molecule has 3 aromatic rings. The molecule has 5 atom stereocenters. The minimum Gasteiger partial charge on any atom is -0.479 e. The number of carboxylic acid groups (broad SMARTS) is 1. The molecule has 4 rings (SSSR count). The number of aliphatic hydroxyl groups is 3. The van der Waals surface area contributed by atoms with E-state index in [9.17, 15) is 30.0 Å². The molecule has 4 N–H and O–H groups in total. The Kier molecular flexibility index (Phi) is 13.3. The molecule has 1 saturated heterocycles. The fourth-order valence-electron chi connectivity index (χ4n) is 4.94. The summed E-state index contributed by atoms with van der Waals surface area (Å²) in [5.41, 5.74) is 3.36. The highest BCUT2D eigenvalue weighted by Gasteiger charge is 2.48. The lowest BCUT2D eigenvalue weighted by atomic mass is 9.98. The van der Waals surface area contributed by atoms with Gasteiger partial charge in [0.05, 0.1) is 13.2 Å². The minimum absolute atomic E-state index is 0.0557. The van der Waals surface area contributed by atoms with Gasteiger partial charge in [-0.25, -0.2) is 9.59 Å². The van der Waals surface area contributed by atoms with Crippen LogP contribution in [-0.4, -0.2) is 81.2 Å². The molecule has 11 heteroatoms. The van der Waals surface area contributed by atoms with Crippen molar-refractivity contribution in [2.24, 2.45) is 0 Å². The summed E-state index contributed by atoms with van der Waals surface area (Å²) in [5, 5.41) is 40.1. The molecule has 0 spiro atoms. The van der Waals surface area contributed by atoms with Gasteiger partial charge < -0.3 is 44.3 Å². The van der Waals surface area contributed by atoms with Gasteiger partial charge in [-0.3, -0.25) is 0 Å². The number of benzene rings is 3. The number of hydrogen-bond donors (Lipinski definition) is 4. The summed E-state index contributed by atoms with van der Waals surface area (Å²) in [6.45, 7) is 1.09. The predicted molar refractivity (Wildman–Crippen MR) is 163 cm³/mol. The fourth-order valence-corrected chi connectivity index (χ4v) is 4.94. The van der Waals surface area contributed by atoms with E-state index >= 15 is 0 Å². The molecule has 3 aromatic carbocycles. The van der Waals surface area contributed by atoms with E-state index in [-0.39, 0.29) is 26.4 Å². The van der Waals surface area contributed by atoms with Crippen molar-refractivity contribution >= 4 is 12.1 Å². The fraction of sp³-hybridized carbons (Fsp3) is 0.412. The Morgan fingerprint density at radius 2 is 1.36 bits per heavy atom. The Labute approximate surface area is 262 Å². The first kappa shape index (κ1) is 34.0. The zero-order chi connectivity index (χ0) is 32.0. The first-order chi connectivity index (χ1) is 21.9. The Morgan fingerprint density at radius 1 is 0.733 bits per heavy atom.